The first-order valence-corrected chi connectivity index (χ1v) is 6.94. The molecule has 0 spiro atoms. The molecule has 0 aliphatic heterocycles. The molecule has 17 heavy (non-hydrogen) atoms. The summed E-state index contributed by atoms with van der Waals surface area (Å²) in [6.45, 7) is 4.32. The molecule has 2 N–H and O–H groups in total. The van der Waals surface area contributed by atoms with Crippen molar-refractivity contribution in [3.8, 4) is 0 Å². The van der Waals surface area contributed by atoms with Crippen molar-refractivity contribution in [2.24, 2.45) is 0 Å². The molecule has 5 nitrogen and oxygen atoms in total. The Kier molecular flexibility index (Phi) is 3.89. The summed E-state index contributed by atoms with van der Waals surface area (Å²) >= 11 is -0.0701. The van der Waals surface area contributed by atoms with Gasteiger partial charge in [-0.3, -0.25) is 0 Å². The number of carbonyl (C=O) groups is 1. The molecular formula is C11H14N4OSe. The van der Waals surface area contributed by atoms with Crippen LogP contribution in [-0.4, -0.2) is 41.4 Å². The SMILES string of the molecule is CC(C)NCC(=O)Nc1cccc2n[se]nc12. The molecule has 0 aliphatic rings. The molecule has 1 amide bonds. The normalized spacial score (nSPS) is 11.0. The fourth-order valence-electron chi connectivity index (χ4n) is 1.40. The number of fused-ring (bicyclic) bond motifs is 1. The Bertz CT molecular complexity index is 523. The zero-order valence-corrected chi connectivity index (χ0v) is 11.4. The number of rotatable bonds is 4. The second-order valence-corrected chi connectivity index (χ2v) is 5.13. The number of nitrogens with zero attached hydrogens (tertiary/aromatic N) is 2. The third-order valence-corrected chi connectivity index (χ3v) is 3.37. The zero-order chi connectivity index (χ0) is 12.3. The molecule has 2 aromatic rings. The molecule has 2 rings (SSSR count). The molecular weight excluding hydrogens is 283 g/mol. The quantitative estimate of drug-likeness (QED) is 0.812. The van der Waals surface area contributed by atoms with Crippen LogP contribution in [0.2, 0.25) is 0 Å². The average molecular weight is 297 g/mol. The van der Waals surface area contributed by atoms with Crippen molar-refractivity contribution in [2.45, 2.75) is 19.9 Å². The van der Waals surface area contributed by atoms with Gasteiger partial charge in [-0.2, -0.15) is 0 Å². The second kappa shape index (κ2) is 5.40. The van der Waals surface area contributed by atoms with Gasteiger partial charge in [0.2, 0.25) is 0 Å². The van der Waals surface area contributed by atoms with Crippen molar-refractivity contribution >= 4 is 37.6 Å². The van der Waals surface area contributed by atoms with Crippen molar-refractivity contribution < 1.29 is 4.79 Å². The Balaban J connectivity index is 2.08. The summed E-state index contributed by atoms with van der Waals surface area (Å²) in [6, 6.07) is 5.94. The monoisotopic (exact) mass is 298 g/mol. The van der Waals surface area contributed by atoms with Crippen LogP contribution >= 0.6 is 0 Å². The predicted octanol–water partition coefficient (Wildman–Crippen LogP) is 0.623. The number of hydrogen-bond acceptors (Lipinski definition) is 4. The van der Waals surface area contributed by atoms with E-state index >= 15 is 0 Å². The molecule has 0 fully saturated rings. The van der Waals surface area contributed by atoms with E-state index in [4.69, 9.17) is 0 Å². The Morgan fingerprint density at radius 2 is 2.24 bits per heavy atom. The van der Waals surface area contributed by atoms with Crippen molar-refractivity contribution in [3.63, 3.8) is 0 Å². The van der Waals surface area contributed by atoms with Gasteiger partial charge in [-0.25, -0.2) is 0 Å². The Morgan fingerprint density at radius 1 is 1.41 bits per heavy atom. The molecule has 0 saturated heterocycles. The maximum atomic E-state index is 11.7. The first-order valence-electron chi connectivity index (χ1n) is 5.41. The van der Waals surface area contributed by atoms with E-state index in [1.54, 1.807) is 0 Å². The number of benzene rings is 1. The number of aromatic nitrogens is 2. The summed E-state index contributed by atoms with van der Waals surface area (Å²) in [4.78, 5) is 11.7. The third kappa shape index (κ3) is 3.12. The topological polar surface area (TPSA) is 66.9 Å². The van der Waals surface area contributed by atoms with Crippen LogP contribution < -0.4 is 10.6 Å². The molecule has 90 valence electrons. The number of amides is 1. The number of hydrogen-bond donors (Lipinski definition) is 2. The van der Waals surface area contributed by atoms with Gasteiger partial charge in [-0.15, -0.1) is 0 Å². The fraction of sp³-hybridized carbons (Fsp3) is 0.364. The summed E-state index contributed by atoms with van der Waals surface area (Å²) < 4.78 is 8.58. The number of nitrogens with one attached hydrogen (secondary N) is 2. The molecule has 0 bridgehead atoms. The standard InChI is InChI=1S/C11H14N4OSe/c1-7(2)12-6-10(16)13-8-4-3-5-9-11(8)15-17-14-9/h3-5,7,12H,6H2,1-2H3,(H,13,16). The van der Waals surface area contributed by atoms with E-state index in [2.05, 4.69) is 18.6 Å². The van der Waals surface area contributed by atoms with Gasteiger partial charge >= 0.3 is 106 Å². The minimum absolute atomic E-state index is 0.0540. The van der Waals surface area contributed by atoms with Crippen LogP contribution in [0.15, 0.2) is 18.2 Å². The van der Waals surface area contributed by atoms with Crippen LogP contribution in [0.5, 0.6) is 0 Å². The summed E-state index contributed by atoms with van der Waals surface area (Å²) in [5, 5.41) is 5.92. The molecule has 0 radical (unpaired) electrons. The molecule has 1 aromatic heterocycles. The summed E-state index contributed by atoms with van der Waals surface area (Å²) in [6.07, 6.45) is 0. The Labute approximate surface area is 106 Å². The number of anilines is 1. The van der Waals surface area contributed by atoms with Gasteiger partial charge in [0.05, 0.1) is 0 Å². The predicted molar refractivity (Wildman–Crippen MR) is 68.2 cm³/mol. The van der Waals surface area contributed by atoms with E-state index < -0.39 is 0 Å². The van der Waals surface area contributed by atoms with E-state index in [0.717, 1.165) is 16.7 Å². The first kappa shape index (κ1) is 12.2. The summed E-state index contributed by atoms with van der Waals surface area (Å²) in [5.74, 6) is -0.0540. The fourth-order valence-corrected chi connectivity index (χ4v) is 2.55. The van der Waals surface area contributed by atoms with Crippen molar-refractivity contribution in [1.82, 2.24) is 13.3 Å². The van der Waals surface area contributed by atoms with Crippen LogP contribution in [0.4, 0.5) is 5.69 Å². The van der Waals surface area contributed by atoms with E-state index in [0.29, 0.717) is 12.6 Å². The van der Waals surface area contributed by atoms with Gasteiger partial charge in [0.25, 0.3) is 0 Å². The second-order valence-electron chi connectivity index (χ2n) is 4.02. The van der Waals surface area contributed by atoms with Gasteiger partial charge < -0.3 is 0 Å². The molecule has 0 saturated carbocycles. The van der Waals surface area contributed by atoms with Crippen LogP contribution in [0.25, 0.3) is 11.0 Å². The Hall–Kier alpha value is -1.23. The molecule has 0 aliphatic carbocycles. The van der Waals surface area contributed by atoms with Crippen molar-refractivity contribution in [3.05, 3.63) is 18.2 Å². The Morgan fingerprint density at radius 3 is 3.00 bits per heavy atom. The molecule has 6 heteroatoms. The van der Waals surface area contributed by atoms with Crippen LogP contribution in [0.3, 0.4) is 0 Å². The average Bonchev–Trinajstić information content (AvgIpc) is 2.75. The molecule has 0 unspecified atom stereocenters. The molecule has 0 atom stereocenters. The first-order chi connectivity index (χ1) is 8.16. The summed E-state index contributed by atoms with van der Waals surface area (Å²) in [5.41, 5.74) is 2.44. The van der Waals surface area contributed by atoms with Gasteiger partial charge in [0.15, 0.2) is 0 Å². The maximum absolute atomic E-state index is 11.7. The molecule has 1 heterocycles. The zero-order valence-electron chi connectivity index (χ0n) is 9.73. The van der Waals surface area contributed by atoms with Crippen molar-refractivity contribution in [2.75, 3.05) is 11.9 Å². The summed E-state index contributed by atoms with van der Waals surface area (Å²) in [7, 11) is 0. The third-order valence-electron chi connectivity index (χ3n) is 2.23. The minimum atomic E-state index is -0.0701. The van der Waals surface area contributed by atoms with Crippen molar-refractivity contribution in [1.29, 1.82) is 0 Å². The number of carbonyl (C=O) groups excluding carboxylic acids is 1. The van der Waals surface area contributed by atoms with E-state index in [-0.39, 0.29) is 20.9 Å². The molecule has 1 aromatic carbocycles. The van der Waals surface area contributed by atoms with E-state index in [1.807, 2.05) is 32.0 Å². The van der Waals surface area contributed by atoms with Crippen LogP contribution in [-0.2, 0) is 4.79 Å². The van der Waals surface area contributed by atoms with Gasteiger partial charge in [-0.05, 0) is 0 Å². The van der Waals surface area contributed by atoms with Gasteiger partial charge in [0, 0.05) is 0 Å². The van der Waals surface area contributed by atoms with Crippen LogP contribution in [0, 0.1) is 0 Å². The van der Waals surface area contributed by atoms with Gasteiger partial charge in [-0.1, -0.05) is 0 Å². The van der Waals surface area contributed by atoms with E-state index in [1.165, 1.54) is 0 Å². The van der Waals surface area contributed by atoms with E-state index in [9.17, 15) is 4.79 Å². The van der Waals surface area contributed by atoms with Gasteiger partial charge in [0.1, 0.15) is 0 Å². The van der Waals surface area contributed by atoms with Crippen LogP contribution in [0.1, 0.15) is 13.8 Å².